The molecule has 1 amide bonds. The van der Waals surface area contributed by atoms with Crippen molar-refractivity contribution in [1.29, 1.82) is 0 Å². The number of likely N-dealkylation sites (N-methyl/N-ethyl adjacent to an activating group) is 1. The third kappa shape index (κ3) is 3.03. The zero-order valence-corrected chi connectivity index (χ0v) is 11.2. The molecular weight excluding hydrogens is 228 g/mol. The Bertz CT molecular complexity index is 455. The van der Waals surface area contributed by atoms with Crippen LogP contribution in [0.4, 0.5) is 5.69 Å². The number of carbonyl (C=O) groups excluding carboxylic acids is 1. The maximum absolute atomic E-state index is 12.3. The topological polar surface area (TPSA) is 55.6 Å². The Kier molecular flexibility index (Phi) is 4.77. The Morgan fingerprint density at radius 3 is 2.67 bits per heavy atom. The molecule has 0 aliphatic carbocycles. The smallest absolute Gasteiger partial charge is 0.256 e. The predicted octanol–water partition coefficient (Wildman–Crippen LogP) is 2.32. The largest absolute Gasteiger partial charge is 0.495 e. The first-order chi connectivity index (χ1) is 8.51. The van der Waals surface area contributed by atoms with E-state index in [0.29, 0.717) is 30.1 Å². The van der Waals surface area contributed by atoms with Crippen LogP contribution >= 0.6 is 0 Å². The van der Waals surface area contributed by atoms with Crippen molar-refractivity contribution in [2.24, 2.45) is 0 Å². The van der Waals surface area contributed by atoms with Crippen molar-refractivity contribution < 1.29 is 9.53 Å². The van der Waals surface area contributed by atoms with Crippen LogP contribution in [0.25, 0.3) is 0 Å². The van der Waals surface area contributed by atoms with Gasteiger partial charge in [-0.25, -0.2) is 0 Å². The van der Waals surface area contributed by atoms with Gasteiger partial charge in [-0.15, -0.1) is 0 Å². The summed E-state index contributed by atoms with van der Waals surface area (Å²) < 4.78 is 5.12. The first kappa shape index (κ1) is 14.1. The van der Waals surface area contributed by atoms with E-state index in [0.717, 1.165) is 5.57 Å². The number of nitrogens with two attached hydrogens (primary N) is 1. The first-order valence-corrected chi connectivity index (χ1v) is 5.87. The van der Waals surface area contributed by atoms with Crippen LogP contribution in [-0.2, 0) is 0 Å². The van der Waals surface area contributed by atoms with Gasteiger partial charge < -0.3 is 15.4 Å². The lowest BCUT2D eigenvalue weighted by Crippen LogP contribution is -2.32. The zero-order valence-electron chi connectivity index (χ0n) is 11.2. The zero-order chi connectivity index (χ0) is 13.7. The highest BCUT2D eigenvalue weighted by molar-refractivity contribution is 6.00. The summed E-state index contributed by atoms with van der Waals surface area (Å²) in [6, 6.07) is 5.21. The van der Waals surface area contributed by atoms with Crippen LogP contribution < -0.4 is 10.5 Å². The summed E-state index contributed by atoms with van der Waals surface area (Å²) in [7, 11) is 1.53. The first-order valence-electron chi connectivity index (χ1n) is 5.87. The van der Waals surface area contributed by atoms with E-state index in [1.165, 1.54) is 7.11 Å². The fourth-order valence-corrected chi connectivity index (χ4v) is 1.73. The molecule has 2 N–H and O–H groups in total. The lowest BCUT2D eigenvalue weighted by molar-refractivity contribution is 0.0779. The predicted molar refractivity (Wildman–Crippen MR) is 73.8 cm³/mol. The molecule has 0 saturated carbocycles. The number of carbonyl (C=O) groups is 1. The molecule has 0 aromatic heterocycles. The molecular formula is C14H20N2O2. The molecule has 0 saturated heterocycles. The van der Waals surface area contributed by atoms with Gasteiger partial charge in [-0.1, -0.05) is 18.2 Å². The number of rotatable bonds is 5. The summed E-state index contributed by atoms with van der Waals surface area (Å²) in [4.78, 5) is 14.1. The molecule has 4 nitrogen and oxygen atoms in total. The number of nitrogens with zero attached hydrogens (tertiary/aromatic N) is 1. The standard InChI is InChI=1S/C14H20N2O2/c1-5-16(9-10(2)3)14(17)11-7-6-8-12(18-4)13(11)15/h6-8H,2,5,9,15H2,1,3-4H3. The molecule has 1 aromatic carbocycles. The van der Waals surface area contributed by atoms with Crippen LogP contribution in [0.1, 0.15) is 24.2 Å². The molecule has 18 heavy (non-hydrogen) atoms. The summed E-state index contributed by atoms with van der Waals surface area (Å²) >= 11 is 0. The summed E-state index contributed by atoms with van der Waals surface area (Å²) in [5.41, 5.74) is 7.71. The number of amides is 1. The van der Waals surface area contributed by atoms with Crippen molar-refractivity contribution in [3.8, 4) is 5.75 Å². The van der Waals surface area contributed by atoms with Gasteiger partial charge in [0.15, 0.2) is 0 Å². The minimum atomic E-state index is -0.100. The fourth-order valence-electron chi connectivity index (χ4n) is 1.73. The normalized spacial score (nSPS) is 9.94. The number of para-hydroxylation sites is 1. The van der Waals surface area contributed by atoms with Gasteiger partial charge in [-0.05, 0) is 26.0 Å². The average Bonchev–Trinajstić information content (AvgIpc) is 2.35. The van der Waals surface area contributed by atoms with Gasteiger partial charge in [0.1, 0.15) is 5.75 Å². The summed E-state index contributed by atoms with van der Waals surface area (Å²) in [5.74, 6) is 0.420. The molecule has 0 unspecified atom stereocenters. The lowest BCUT2D eigenvalue weighted by Gasteiger charge is -2.22. The van der Waals surface area contributed by atoms with Crippen molar-refractivity contribution in [3.05, 3.63) is 35.9 Å². The van der Waals surface area contributed by atoms with Crippen LogP contribution in [-0.4, -0.2) is 31.0 Å². The Balaban J connectivity index is 3.05. The lowest BCUT2D eigenvalue weighted by atomic mass is 10.1. The molecule has 0 bridgehead atoms. The second-order valence-corrected chi connectivity index (χ2v) is 4.20. The number of hydrogen-bond acceptors (Lipinski definition) is 3. The highest BCUT2D eigenvalue weighted by Gasteiger charge is 2.18. The van der Waals surface area contributed by atoms with Crippen molar-refractivity contribution in [1.82, 2.24) is 4.90 Å². The highest BCUT2D eigenvalue weighted by Crippen LogP contribution is 2.25. The Hall–Kier alpha value is -1.97. The second kappa shape index (κ2) is 6.10. The molecule has 0 heterocycles. The van der Waals surface area contributed by atoms with Crippen molar-refractivity contribution >= 4 is 11.6 Å². The minimum absolute atomic E-state index is 0.100. The maximum atomic E-state index is 12.3. The molecule has 0 aliphatic heterocycles. The van der Waals surface area contributed by atoms with Crippen LogP contribution in [0, 0.1) is 0 Å². The number of nitrogen functional groups attached to an aromatic ring is 1. The summed E-state index contributed by atoms with van der Waals surface area (Å²) in [6.45, 7) is 8.79. The molecule has 0 fully saturated rings. The Labute approximate surface area is 108 Å². The van der Waals surface area contributed by atoms with Gasteiger partial charge in [0.05, 0.1) is 18.4 Å². The van der Waals surface area contributed by atoms with Gasteiger partial charge in [0, 0.05) is 13.1 Å². The van der Waals surface area contributed by atoms with Crippen molar-refractivity contribution in [3.63, 3.8) is 0 Å². The fraction of sp³-hybridized carbons (Fsp3) is 0.357. The number of benzene rings is 1. The van der Waals surface area contributed by atoms with Gasteiger partial charge in [0.25, 0.3) is 5.91 Å². The van der Waals surface area contributed by atoms with Crippen LogP contribution in [0.5, 0.6) is 5.75 Å². The van der Waals surface area contributed by atoms with E-state index in [1.54, 1.807) is 23.1 Å². The second-order valence-electron chi connectivity index (χ2n) is 4.20. The molecule has 0 aliphatic rings. The van der Waals surface area contributed by atoms with Crippen LogP contribution in [0.2, 0.25) is 0 Å². The van der Waals surface area contributed by atoms with Crippen molar-refractivity contribution in [2.75, 3.05) is 25.9 Å². The average molecular weight is 248 g/mol. The molecule has 1 rings (SSSR count). The quantitative estimate of drug-likeness (QED) is 0.642. The van der Waals surface area contributed by atoms with E-state index in [9.17, 15) is 4.79 Å². The molecule has 4 heteroatoms. The van der Waals surface area contributed by atoms with E-state index in [4.69, 9.17) is 10.5 Å². The number of anilines is 1. The molecule has 0 spiro atoms. The minimum Gasteiger partial charge on any atom is -0.495 e. The third-order valence-electron chi connectivity index (χ3n) is 2.65. The highest BCUT2D eigenvalue weighted by atomic mass is 16.5. The number of ether oxygens (including phenoxy) is 1. The van der Waals surface area contributed by atoms with Crippen LogP contribution in [0.3, 0.4) is 0 Å². The Morgan fingerprint density at radius 2 is 2.17 bits per heavy atom. The van der Waals surface area contributed by atoms with E-state index in [1.807, 2.05) is 13.8 Å². The maximum Gasteiger partial charge on any atom is 0.256 e. The summed E-state index contributed by atoms with van der Waals surface area (Å²) in [5, 5.41) is 0. The monoisotopic (exact) mass is 248 g/mol. The molecule has 1 aromatic rings. The van der Waals surface area contributed by atoms with Crippen LogP contribution in [0.15, 0.2) is 30.4 Å². The van der Waals surface area contributed by atoms with Gasteiger partial charge in [-0.2, -0.15) is 0 Å². The van der Waals surface area contributed by atoms with E-state index in [2.05, 4.69) is 6.58 Å². The van der Waals surface area contributed by atoms with Gasteiger partial charge >= 0.3 is 0 Å². The molecule has 98 valence electrons. The Morgan fingerprint density at radius 1 is 1.50 bits per heavy atom. The molecule has 0 atom stereocenters. The van der Waals surface area contributed by atoms with E-state index < -0.39 is 0 Å². The molecule has 0 radical (unpaired) electrons. The van der Waals surface area contributed by atoms with Crippen molar-refractivity contribution in [2.45, 2.75) is 13.8 Å². The van der Waals surface area contributed by atoms with Gasteiger partial charge in [0.2, 0.25) is 0 Å². The van der Waals surface area contributed by atoms with Gasteiger partial charge in [-0.3, -0.25) is 4.79 Å². The number of hydrogen-bond donors (Lipinski definition) is 1. The number of methoxy groups -OCH3 is 1. The van der Waals surface area contributed by atoms with E-state index >= 15 is 0 Å². The summed E-state index contributed by atoms with van der Waals surface area (Å²) in [6.07, 6.45) is 0. The third-order valence-corrected chi connectivity index (χ3v) is 2.65. The van der Waals surface area contributed by atoms with E-state index in [-0.39, 0.29) is 5.91 Å². The SMILES string of the molecule is C=C(C)CN(CC)C(=O)c1cccc(OC)c1N.